The van der Waals surface area contributed by atoms with Crippen LogP contribution < -0.4 is 20.9 Å². The molecule has 2 rings (SSSR count). The second-order valence-electron chi connectivity index (χ2n) is 9.86. The fourth-order valence-corrected chi connectivity index (χ4v) is 4.37. The molecule has 0 fully saturated rings. The van der Waals surface area contributed by atoms with Gasteiger partial charge in [-0.05, 0) is 48.9 Å². The van der Waals surface area contributed by atoms with Gasteiger partial charge in [-0.15, -0.1) is 0 Å². The summed E-state index contributed by atoms with van der Waals surface area (Å²) in [5.41, 5.74) is 12.6. The molecule has 0 heterocycles. The number of hydrogen-bond acceptors (Lipinski definition) is 5. The van der Waals surface area contributed by atoms with Gasteiger partial charge in [-0.25, -0.2) is 4.79 Å². The molecule has 0 radical (unpaired) electrons. The maximum atomic E-state index is 12.3. The Morgan fingerprint density at radius 3 is 1.61 bits per heavy atom. The van der Waals surface area contributed by atoms with Gasteiger partial charge in [-0.1, -0.05) is 103 Å². The molecule has 200 valence electrons. The second-order valence-corrected chi connectivity index (χ2v) is 9.86. The number of carbonyl (C=O) groups is 1. The van der Waals surface area contributed by atoms with Crippen LogP contribution in [0.25, 0.3) is 0 Å². The standard InChI is InChI=1S/C31H48N2O3/c1-2-3-4-5-6-7-8-9-10-11-12-13-14-15-16-17-24-35-27-19-21-28(22-20-27)36-31(34)29-23-18-26(32)25-30(29)33/h18-23,25H,2-17,24,32-33H2,1H3. The molecule has 0 bridgehead atoms. The van der Waals surface area contributed by atoms with Gasteiger partial charge in [0.25, 0.3) is 0 Å². The summed E-state index contributed by atoms with van der Waals surface area (Å²) in [6.07, 6.45) is 21.8. The van der Waals surface area contributed by atoms with Crippen LogP contribution in [0.15, 0.2) is 42.5 Å². The molecule has 5 nitrogen and oxygen atoms in total. The van der Waals surface area contributed by atoms with E-state index in [0.29, 0.717) is 29.3 Å². The first kappa shape index (κ1) is 29.5. The number of nitrogens with two attached hydrogens (primary N) is 2. The van der Waals surface area contributed by atoms with Crippen molar-refractivity contribution in [1.29, 1.82) is 0 Å². The zero-order valence-electron chi connectivity index (χ0n) is 22.4. The highest BCUT2D eigenvalue weighted by Crippen LogP contribution is 2.22. The van der Waals surface area contributed by atoms with Gasteiger partial charge in [-0.3, -0.25) is 0 Å². The number of nitrogen functional groups attached to an aromatic ring is 2. The van der Waals surface area contributed by atoms with Crippen molar-refractivity contribution >= 4 is 17.3 Å². The predicted molar refractivity (Wildman–Crippen MR) is 152 cm³/mol. The molecule has 4 N–H and O–H groups in total. The zero-order valence-corrected chi connectivity index (χ0v) is 22.4. The van der Waals surface area contributed by atoms with Gasteiger partial charge < -0.3 is 20.9 Å². The van der Waals surface area contributed by atoms with Crippen molar-refractivity contribution in [3.63, 3.8) is 0 Å². The number of esters is 1. The Bertz CT molecular complexity index is 851. The van der Waals surface area contributed by atoms with Crippen LogP contribution in [0.3, 0.4) is 0 Å². The highest BCUT2D eigenvalue weighted by molar-refractivity contribution is 5.97. The molecule has 0 aromatic heterocycles. The molecular formula is C31H48N2O3. The molecule has 0 saturated heterocycles. The quantitative estimate of drug-likeness (QED) is 0.0828. The lowest BCUT2D eigenvalue weighted by Gasteiger charge is -2.09. The summed E-state index contributed by atoms with van der Waals surface area (Å²) in [7, 11) is 0. The van der Waals surface area contributed by atoms with Crippen molar-refractivity contribution in [3.05, 3.63) is 48.0 Å². The Morgan fingerprint density at radius 1 is 0.639 bits per heavy atom. The van der Waals surface area contributed by atoms with Gasteiger partial charge in [0.05, 0.1) is 12.2 Å². The van der Waals surface area contributed by atoms with Crippen LogP contribution in [0.4, 0.5) is 11.4 Å². The van der Waals surface area contributed by atoms with E-state index < -0.39 is 5.97 Å². The fourth-order valence-electron chi connectivity index (χ4n) is 4.37. The largest absolute Gasteiger partial charge is 0.494 e. The number of anilines is 2. The van der Waals surface area contributed by atoms with Gasteiger partial charge in [0, 0.05) is 11.4 Å². The van der Waals surface area contributed by atoms with Crippen molar-refractivity contribution in [2.45, 2.75) is 110 Å². The molecule has 0 saturated carbocycles. The van der Waals surface area contributed by atoms with E-state index in [2.05, 4.69) is 6.92 Å². The Hall–Kier alpha value is -2.69. The number of benzene rings is 2. The van der Waals surface area contributed by atoms with Gasteiger partial charge in [-0.2, -0.15) is 0 Å². The molecule has 0 aliphatic rings. The first-order chi connectivity index (χ1) is 17.6. The normalized spacial score (nSPS) is 10.9. The van der Waals surface area contributed by atoms with Crippen molar-refractivity contribution < 1.29 is 14.3 Å². The maximum Gasteiger partial charge on any atom is 0.345 e. The summed E-state index contributed by atoms with van der Waals surface area (Å²) >= 11 is 0. The molecule has 2 aromatic carbocycles. The minimum atomic E-state index is -0.505. The molecule has 0 spiro atoms. The van der Waals surface area contributed by atoms with Crippen LogP contribution in [0.1, 0.15) is 120 Å². The van der Waals surface area contributed by atoms with E-state index >= 15 is 0 Å². The fraction of sp³-hybridized carbons (Fsp3) is 0.581. The first-order valence-electron chi connectivity index (χ1n) is 14.2. The molecule has 36 heavy (non-hydrogen) atoms. The first-order valence-corrected chi connectivity index (χ1v) is 14.2. The third-order valence-corrected chi connectivity index (χ3v) is 6.60. The molecule has 0 amide bonds. The molecule has 0 aliphatic heterocycles. The Labute approximate surface area is 218 Å². The molecule has 0 aliphatic carbocycles. The van der Waals surface area contributed by atoms with Crippen LogP contribution in [-0.4, -0.2) is 12.6 Å². The van der Waals surface area contributed by atoms with Gasteiger partial charge in [0.15, 0.2) is 0 Å². The van der Waals surface area contributed by atoms with Crippen molar-refractivity contribution in [2.24, 2.45) is 0 Å². The Balaban J connectivity index is 1.43. The molecular weight excluding hydrogens is 448 g/mol. The summed E-state index contributed by atoms with van der Waals surface area (Å²) in [6, 6.07) is 11.9. The van der Waals surface area contributed by atoms with E-state index in [1.165, 1.54) is 96.3 Å². The monoisotopic (exact) mass is 496 g/mol. The van der Waals surface area contributed by atoms with Crippen molar-refractivity contribution in [2.75, 3.05) is 18.1 Å². The van der Waals surface area contributed by atoms with E-state index in [4.69, 9.17) is 20.9 Å². The van der Waals surface area contributed by atoms with Crippen LogP contribution in [0.2, 0.25) is 0 Å². The summed E-state index contributed by atoms with van der Waals surface area (Å²) in [5.74, 6) is 0.725. The number of carbonyl (C=O) groups excluding carboxylic acids is 1. The van der Waals surface area contributed by atoms with E-state index in [0.717, 1.165) is 12.2 Å². The molecule has 2 aromatic rings. The SMILES string of the molecule is CCCCCCCCCCCCCCCCCCOc1ccc(OC(=O)c2ccc(N)cc2N)cc1. The highest BCUT2D eigenvalue weighted by Gasteiger charge is 2.12. The van der Waals surface area contributed by atoms with Crippen LogP contribution in [0, 0.1) is 0 Å². The number of rotatable bonds is 20. The lowest BCUT2D eigenvalue weighted by atomic mass is 10.0. The minimum Gasteiger partial charge on any atom is -0.494 e. The van der Waals surface area contributed by atoms with E-state index in [1.807, 2.05) is 12.1 Å². The zero-order chi connectivity index (χ0) is 25.8. The van der Waals surface area contributed by atoms with E-state index in [9.17, 15) is 4.79 Å². The van der Waals surface area contributed by atoms with Crippen LogP contribution in [0.5, 0.6) is 11.5 Å². The maximum absolute atomic E-state index is 12.3. The lowest BCUT2D eigenvalue weighted by Crippen LogP contribution is -2.11. The topological polar surface area (TPSA) is 87.6 Å². The third kappa shape index (κ3) is 12.9. The van der Waals surface area contributed by atoms with Crippen molar-refractivity contribution in [3.8, 4) is 11.5 Å². The third-order valence-electron chi connectivity index (χ3n) is 6.60. The second kappa shape index (κ2) is 18.6. The highest BCUT2D eigenvalue weighted by atomic mass is 16.5. The molecule has 5 heteroatoms. The van der Waals surface area contributed by atoms with Crippen molar-refractivity contribution in [1.82, 2.24) is 0 Å². The minimum absolute atomic E-state index is 0.299. The number of unbranched alkanes of at least 4 members (excludes halogenated alkanes) is 15. The van der Waals surface area contributed by atoms with Gasteiger partial charge >= 0.3 is 5.97 Å². The summed E-state index contributed by atoms with van der Waals surface area (Å²) in [5, 5.41) is 0. The predicted octanol–water partition coefficient (Wildman–Crippen LogP) is 8.71. The van der Waals surface area contributed by atoms with E-state index in [-0.39, 0.29) is 0 Å². The van der Waals surface area contributed by atoms with Crippen LogP contribution in [-0.2, 0) is 0 Å². The average molecular weight is 497 g/mol. The Morgan fingerprint density at radius 2 is 1.11 bits per heavy atom. The summed E-state index contributed by atoms with van der Waals surface area (Å²) < 4.78 is 11.2. The van der Waals surface area contributed by atoms with Gasteiger partial charge in [0.1, 0.15) is 11.5 Å². The lowest BCUT2D eigenvalue weighted by molar-refractivity contribution is 0.0735. The summed E-state index contributed by atoms with van der Waals surface area (Å²) in [4.78, 5) is 12.3. The molecule has 0 unspecified atom stereocenters. The summed E-state index contributed by atoms with van der Waals surface area (Å²) in [6.45, 7) is 2.99. The Kier molecular flexibility index (Phi) is 15.2. The van der Waals surface area contributed by atoms with Crippen LogP contribution >= 0.6 is 0 Å². The average Bonchev–Trinajstić information content (AvgIpc) is 2.86. The van der Waals surface area contributed by atoms with E-state index in [1.54, 1.807) is 30.3 Å². The molecule has 0 atom stereocenters. The number of ether oxygens (including phenoxy) is 2. The van der Waals surface area contributed by atoms with Gasteiger partial charge in [0.2, 0.25) is 0 Å². The smallest absolute Gasteiger partial charge is 0.345 e. The number of hydrogen-bond donors (Lipinski definition) is 2.